The van der Waals surface area contributed by atoms with Gasteiger partial charge in [0.05, 0.1) is 5.02 Å². The van der Waals surface area contributed by atoms with Gasteiger partial charge in [-0.05, 0) is 53.6 Å². The van der Waals surface area contributed by atoms with Crippen LogP contribution in [0.1, 0.15) is 62.3 Å². The number of ether oxygens (including phenoxy) is 1. The average molecular weight is 534 g/mol. The van der Waals surface area contributed by atoms with Crippen LogP contribution >= 0.6 is 11.6 Å². The Balaban J connectivity index is 3.79. The Morgan fingerprint density at radius 2 is 1.51 bits per heavy atom. The largest absolute Gasteiger partial charge is 0.573 e. The van der Waals surface area contributed by atoms with Crippen molar-refractivity contribution in [1.82, 2.24) is 0 Å². The summed E-state index contributed by atoms with van der Waals surface area (Å²) in [5.74, 6) is -0.539. The van der Waals surface area contributed by atoms with Crippen LogP contribution < -0.4 is 9.64 Å². The van der Waals surface area contributed by atoms with Crippen LogP contribution in [-0.4, -0.2) is 37.0 Å². The molecule has 5 nitrogen and oxygen atoms in total. The van der Waals surface area contributed by atoms with Crippen molar-refractivity contribution < 1.29 is 32.6 Å². The van der Waals surface area contributed by atoms with E-state index >= 15 is 0 Å². The number of carboxylic acid groups (broad SMARTS) is 1. The molecule has 0 heterocycles. The maximum atomic E-state index is 13.6. The first-order chi connectivity index (χ1) is 15.8. The number of benzene rings is 1. The van der Waals surface area contributed by atoms with Crippen molar-refractivity contribution in [1.29, 1.82) is 0 Å². The third kappa shape index (κ3) is 6.53. The number of rotatable bonds is 8. The molecule has 0 aliphatic rings. The summed E-state index contributed by atoms with van der Waals surface area (Å²) in [6.07, 6.45) is -4.96. The number of carbonyl (C=O) groups is 2. The van der Waals surface area contributed by atoms with E-state index in [0.29, 0.717) is 0 Å². The third-order valence-electron chi connectivity index (χ3n) is 6.88. The van der Waals surface area contributed by atoms with E-state index in [1.54, 1.807) is 13.8 Å². The molecule has 0 bridgehead atoms. The predicted molar refractivity (Wildman–Crippen MR) is 135 cm³/mol. The number of carboxylic acids is 1. The fourth-order valence-corrected chi connectivity index (χ4v) is 10.1. The standard InChI is InChI=1S/C25H35ClF3NO4Si/c1-15(2)24(9,23(32)33)30(19-10-11-21(20(26)14-19)34-25(27,28)29)22(31)12-13-35(16(3)4,17(5)6)18(7)8/h10-11,14-18H,1-9H3,(H,32,33). The Bertz CT molecular complexity index is 977. The van der Waals surface area contributed by atoms with Crippen molar-refractivity contribution >= 4 is 37.2 Å². The lowest BCUT2D eigenvalue weighted by atomic mass is 9.85. The minimum Gasteiger partial charge on any atom is -0.479 e. The molecule has 0 radical (unpaired) electrons. The molecule has 1 amide bonds. The molecule has 0 aliphatic heterocycles. The Morgan fingerprint density at radius 3 is 1.86 bits per heavy atom. The van der Waals surface area contributed by atoms with Gasteiger partial charge in [0.2, 0.25) is 0 Å². The third-order valence-corrected chi connectivity index (χ3v) is 13.5. The monoisotopic (exact) mass is 533 g/mol. The molecule has 1 unspecified atom stereocenters. The zero-order chi connectivity index (χ0) is 27.5. The zero-order valence-electron chi connectivity index (χ0n) is 21.7. The van der Waals surface area contributed by atoms with Crippen molar-refractivity contribution in [2.24, 2.45) is 5.92 Å². The lowest BCUT2D eigenvalue weighted by molar-refractivity contribution is -0.274. The first-order valence-corrected chi connectivity index (χ1v) is 14.1. The van der Waals surface area contributed by atoms with Gasteiger partial charge >= 0.3 is 18.2 Å². The van der Waals surface area contributed by atoms with Crippen LogP contribution in [0.4, 0.5) is 18.9 Å². The van der Waals surface area contributed by atoms with Crippen LogP contribution in [0.3, 0.4) is 0 Å². The van der Waals surface area contributed by atoms with Crippen molar-refractivity contribution in [3.63, 3.8) is 0 Å². The maximum Gasteiger partial charge on any atom is 0.573 e. The minimum atomic E-state index is -4.96. The summed E-state index contributed by atoms with van der Waals surface area (Å²) in [5.41, 5.74) is 2.25. The summed E-state index contributed by atoms with van der Waals surface area (Å²) in [6, 6.07) is 3.22. The summed E-state index contributed by atoms with van der Waals surface area (Å²) in [6.45, 7) is 17.1. The lowest BCUT2D eigenvalue weighted by Crippen LogP contribution is -2.58. The van der Waals surface area contributed by atoms with E-state index in [-0.39, 0.29) is 22.3 Å². The Kier molecular flexibility index (Phi) is 9.92. The Hall–Kier alpha value is -2.18. The number of halogens is 4. The molecular weight excluding hydrogens is 499 g/mol. The van der Waals surface area contributed by atoms with E-state index in [2.05, 4.69) is 57.7 Å². The summed E-state index contributed by atoms with van der Waals surface area (Å²) < 4.78 is 41.9. The number of hydrogen-bond acceptors (Lipinski definition) is 3. The van der Waals surface area contributed by atoms with E-state index in [1.165, 1.54) is 13.0 Å². The highest BCUT2D eigenvalue weighted by Crippen LogP contribution is 2.41. The number of anilines is 1. The van der Waals surface area contributed by atoms with Gasteiger partial charge in [-0.15, -0.1) is 18.7 Å². The van der Waals surface area contributed by atoms with Gasteiger partial charge in [-0.3, -0.25) is 9.69 Å². The van der Waals surface area contributed by atoms with Crippen LogP contribution in [-0.2, 0) is 9.59 Å². The second-order valence-electron chi connectivity index (χ2n) is 10.1. The molecular formula is C25H35ClF3NO4Si. The van der Waals surface area contributed by atoms with Crippen LogP contribution in [0.2, 0.25) is 21.6 Å². The highest BCUT2D eigenvalue weighted by atomic mass is 35.5. The first kappa shape index (κ1) is 30.8. The van der Waals surface area contributed by atoms with Crippen molar-refractivity contribution in [2.45, 2.75) is 90.8 Å². The molecule has 35 heavy (non-hydrogen) atoms. The minimum absolute atomic E-state index is 0.00771. The van der Waals surface area contributed by atoms with Gasteiger partial charge < -0.3 is 9.84 Å². The van der Waals surface area contributed by atoms with E-state index in [0.717, 1.165) is 17.0 Å². The Labute approximate surface area is 212 Å². The SMILES string of the molecule is CC(C)C(C)(C(=O)O)N(C(=O)C#C[Si](C(C)C)(C(C)C)C(C)C)c1ccc(OC(F)(F)F)c(Cl)c1. The second-order valence-corrected chi connectivity index (χ2v) is 16.0. The number of nitrogens with zero attached hydrogens (tertiary/aromatic N) is 1. The topological polar surface area (TPSA) is 66.8 Å². The number of alkyl halides is 3. The molecule has 0 saturated carbocycles. The summed E-state index contributed by atoms with van der Waals surface area (Å²) in [5, 5.41) is 9.69. The molecule has 1 rings (SSSR count). The number of hydrogen-bond donors (Lipinski definition) is 1. The van der Waals surface area contributed by atoms with Gasteiger partial charge in [-0.25, -0.2) is 4.79 Å². The molecule has 1 N–H and O–H groups in total. The summed E-state index contributed by atoms with van der Waals surface area (Å²) in [4.78, 5) is 27.0. The quantitative estimate of drug-likeness (QED) is 0.281. The highest BCUT2D eigenvalue weighted by molar-refractivity contribution is 6.90. The van der Waals surface area contributed by atoms with Crippen LogP contribution in [0.5, 0.6) is 5.75 Å². The van der Waals surface area contributed by atoms with Gasteiger partial charge in [0.25, 0.3) is 0 Å². The fourth-order valence-electron chi connectivity index (χ4n) is 4.68. The number of aliphatic carboxylic acids is 1. The van der Waals surface area contributed by atoms with Gasteiger partial charge in [0, 0.05) is 5.69 Å². The average Bonchev–Trinajstić information content (AvgIpc) is 2.68. The number of carbonyl (C=O) groups excluding carboxylic acids is 1. The molecule has 0 saturated heterocycles. The van der Waals surface area contributed by atoms with Crippen molar-refractivity contribution in [3.05, 3.63) is 23.2 Å². The summed E-state index contributed by atoms with van der Waals surface area (Å²) >= 11 is 6.03. The Morgan fingerprint density at radius 1 is 1.03 bits per heavy atom. The lowest BCUT2D eigenvalue weighted by Gasteiger charge is -2.40. The molecule has 0 spiro atoms. The molecule has 10 heteroatoms. The zero-order valence-corrected chi connectivity index (χ0v) is 23.4. The molecule has 1 aromatic rings. The second kappa shape index (κ2) is 11.3. The van der Waals surface area contributed by atoms with Crippen LogP contribution in [0, 0.1) is 17.4 Å². The van der Waals surface area contributed by atoms with E-state index in [1.807, 2.05) is 0 Å². The van der Waals surface area contributed by atoms with Gasteiger partial charge in [0.1, 0.15) is 19.4 Å². The van der Waals surface area contributed by atoms with Gasteiger partial charge in [0.15, 0.2) is 0 Å². The highest BCUT2D eigenvalue weighted by Gasteiger charge is 2.47. The molecule has 0 aromatic heterocycles. The molecule has 1 atom stereocenters. The molecule has 1 aromatic carbocycles. The van der Waals surface area contributed by atoms with Gasteiger partial charge in [-0.1, -0.05) is 67.0 Å². The molecule has 196 valence electrons. The van der Waals surface area contributed by atoms with Crippen molar-refractivity contribution in [3.8, 4) is 17.2 Å². The first-order valence-electron chi connectivity index (χ1n) is 11.5. The van der Waals surface area contributed by atoms with E-state index in [9.17, 15) is 27.9 Å². The van der Waals surface area contributed by atoms with E-state index < -0.39 is 48.5 Å². The van der Waals surface area contributed by atoms with Crippen molar-refractivity contribution in [2.75, 3.05) is 4.90 Å². The van der Waals surface area contributed by atoms with Crippen LogP contribution in [0.15, 0.2) is 18.2 Å². The number of amides is 1. The molecule has 0 aliphatic carbocycles. The van der Waals surface area contributed by atoms with E-state index in [4.69, 9.17) is 11.6 Å². The van der Waals surface area contributed by atoms with Crippen LogP contribution in [0.25, 0.3) is 0 Å². The normalized spacial score (nSPS) is 14.1. The molecule has 0 fully saturated rings. The smallest absolute Gasteiger partial charge is 0.479 e. The predicted octanol–water partition coefficient (Wildman–Crippen LogP) is 7.29. The fraction of sp³-hybridized carbons (Fsp3) is 0.600. The van der Waals surface area contributed by atoms with Gasteiger partial charge in [-0.2, -0.15) is 0 Å². The summed E-state index contributed by atoms with van der Waals surface area (Å²) in [7, 11) is -2.32. The maximum absolute atomic E-state index is 13.6.